The molecule has 1 aliphatic heterocycles. The highest BCUT2D eigenvalue weighted by atomic mass is 32.2. The number of thioether (sulfide) groups is 1. The van der Waals surface area contributed by atoms with Gasteiger partial charge in [-0.1, -0.05) is 30.8 Å². The van der Waals surface area contributed by atoms with E-state index in [0.717, 1.165) is 72.8 Å². The normalized spacial score (nSPS) is 17.2. The van der Waals surface area contributed by atoms with Gasteiger partial charge in [-0.05, 0) is 49.9 Å². The van der Waals surface area contributed by atoms with Gasteiger partial charge < -0.3 is 15.1 Å². The second-order valence-electron chi connectivity index (χ2n) is 8.21. The molecule has 0 spiro atoms. The molecule has 4 rings (SSSR count). The summed E-state index contributed by atoms with van der Waals surface area (Å²) in [7, 11) is 0. The average molecular weight is 426 g/mol. The Kier molecular flexibility index (Phi) is 6.89. The monoisotopic (exact) mass is 425 g/mol. The molecule has 7 heteroatoms. The lowest BCUT2D eigenvalue weighted by Crippen LogP contribution is -2.46. The van der Waals surface area contributed by atoms with Crippen LogP contribution in [-0.4, -0.2) is 60.0 Å². The van der Waals surface area contributed by atoms with Gasteiger partial charge in [-0.2, -0.15) is 0 Å². The van der Waals surface area contributed by atoms with Gasteiger partial charge >= 0.3 is 0 Å². The van der Waals surface area contributed by atoms with Crippen LogP contribution >= 0.6 is 11.8 Å². The molecule has 2 fully saturated rings. The van der Waals surface area contributed by atoms with Crippen LogP contribution < -0.4 is 10.2 Å². The number of rotatable bonds is 8. The number of hydrogen-bond donors (Lipinski definition) is 1. The maximum absolute atomic E-state index is 12.4. The largest absolute Gasteiger partial charge is 0.354 e. The van der Waals surface area contributed by atoms with Crippen LogP contribution in [0.25, 0.3) is 0 Å². The maximum Gasteiger partial charge on any atom is 0.251 e. The van der Waals surface area contributed by atoms with Gasteiger partial charge in [0.15, 0.2) is 5.16 Å². The molecule has 0 unspecified atom stereocenters. The van der Waals surface area contributed by atoms with Gasteiger partial charge in [0.05, 0.1) is 0 Å². The Morgan fingerprint density at radius 1 is 1.17 bits per heavy atom. The van der Waals surface area contributed by atoms with Crippen molar-refractivity contribution in [3.8, 4) is 0 Å². The summed E-state index contributed by atoms with van der Waals surface area (Å²) in [5, 5.41) is 3.84. The highest BCUT2D eigenvalue weighted by Crippen LogP contribution is 2.28. The van der Waals surface area contributed by atoms with Crippen molar-refractivity contribution in [2.75, 3.05) is 44.2 Å². The molecule has 1 amide bonds. The predicted octanol–water partition coefficient (Wildman–Crippen LogP) is 3.36. The Bertz CT molecular complexity index is 878. The fourth-order valence-electron chi connectivity index (χ4n) is 3.66. The number of piperazine rings is 1. The van der Waals surface area contributed by atoms with E-state index < -0.39 is 0 Å². The fraction of sp³-hybridized carbons (Fsp3) is 0.522. The molecule has 1 aromatic heterocycles. The van der Waals surface area contributed by atoms with Crippen molar-refractivity contribution in [1.29, 1.82) is 0 Å². The van der Waals surface area contributed by atoms with E-state index in [9.17, 15) is 4.79 Å². The number of amides is 1. The van der Waals surface area contributed by atoms with Crippen LogP contribution in [0, 0.1) is 12.8 Å². The summed E-state index contributed by atoms with van der Waals surface area (Å²) in [5.74, 6) is 2.48. The lowest BCUT2D eigenvalue weighted by Gasteiger charge is -2.34. The second kappa shape index (κ2) is 9.79. The summed E-state index contributed by atoms with van der Waals surface area (Å²) in [6.07, 6.45) is 2.48. The standard InChI is InChI=1S/C23H31N5OS/c1-3-27-9-11-28(12-10-27)21-13-17(2)25-23(26-21)30-16-19-5-4-6-20(14-19)22(29)24-15-18-7-8-18/h4-6,13-14,18H,3,7-12,15-16H2,1-2H3,(H,24,29). The number of carbonyl (C=O) groups excluding carboxylic acids is 1. The minimum absolute atomic E-state index is 0.0223. The molecular weight excluding hydrogens is 394 g/mol. The summed E-state index contributed by atoms with van der Waals surface area (Å²) in [6, 6.07) is 9.96. The predicted molar refractivity (Wildman–Crippen MR) is 122 cm³/mol. The number of nitrogens with zero attached hydrogens (tertiary/aromatic N) is 4. The smallest absolute Gasteiger partial charge is 0.251 e. The van der Waals surface area contributed by atoms with Crippen LogP contribution in [0.4, 0.5) is 5.82 Å². The molecule has 6 nitrogen and oxygen atoms in total. The molecule has 1 saturated heterocycles. The molecule has 0 bridgehead atoms. The molecule has 1 saturated carbocycles. The van der Waals surface area contributed by atoms with Crippen molar-refractivity contribution < 1.29 is 4.79 Å². The van der Waals surface area contributed by atoms with Gasteiger partial charge in [0, 0.05) is 55.8 Å². The van der Waals surface area contributed by atoms with Gasteiger partial charge in [0.2, 0.25) is 0 Å². The van der Waals surface area contributed by atoms with Crippen molar-refractivity contribution in [3.05, 3.63) is 47.2 Å². The van der Waals surface area contributed by atoms with Gasteiger partial charge in [-0.25, -0.2) is 9.97 Å². The SMILES string of the molecule is CCN1CCN(c2cc(C)nc(SCc3cccc(C(=O)NCC4CC4)c3)n2)CC1. The van der Waals surface area contributed by atoms with Crippen LogP contribution in [0.3, 0.4) is 0 Å². The van der Waals surface area contributed by atoms with Gasteiger partial charge in [-0.3, -0.25) is 4.79 Å². The number of benzene rings is 1. The summed E-state index contributed by atoms with van der Waals surface area (Å²) in [6.45, 7) is 10.3. The Morgan fingerprint density at radius 2 is 1.97 bits per heavy atom. The molecule has 30 heavy (non-hydrogen) atoms. The average Bonchev–Trinajstić information content (AvgIpc) is 3.60. The van der Waals surface area contributed by atoms with E-state index in [2.05, 4.69) is 39.2 Å². The minimum atomic E-state index is 0.0223. The van der Waals surface area contributed by atoms with Crippen LogP contribution in [0.5, 0.6) is 0 Å². The number of hydrogen-bond acceptors (Lipinski definition) is 6. The fourth-order valence-corrected chi connectivity index (χ4v) is 4.50. The quantitative estimate of drug-likeness (QED) is 0.517. The van der Waals surface area contributed by atoms with Gasteiger partial charge in [0.25, 0.3) is 5.91 Å². The van der Waals surface area contributed by atoms with Gasteiger partial charge in [0.1, 0.15) is 5.82 Å². The third kappa shape index (κ3) is 5.73. The third-order valence-corrected chi connectivity index (χ3v) is 6.69. The van der Waals surface area contributed by atoms with E-state index in [1.807, 2.05) is 25.1 Å². The van der Waals surface area contributed by atoms with Crippen LogP contribution in [0.2, 0.25) is 0 Å². The highest BCUT2D eigenvalue weighted by molar-refractivity contribution is 7.98. The van der Waals surface area contributed by atoms with E-state index >= 15 is 0 Å². The summed E-state index contributed by atoms with van der Waals surface area (Å²) in [5.41, 5.74) is 2.84. The van der Waals surface area contributed by atoms with Crippen LogP contribution in [0.1, 0.15) is 41.4 Å². The molecule has 160 valence electrons. The number of likely N-dealkylation sites (N-methyl/N-ethyl adjacent to an activating group) is 1. The molecule has 2 aliphatic rings. The minimum Gasteiger partial charge on any atom is -0.354 e. The third-order valence-electron chi connectivity index (χ3n) is 5.77. The maximum atomic E-state index is 12.4. The van der Waals surface area contributed by atoms with Crippen molar-refractivity contribution in [2.45, 2.75) is 37.6 Å². The summed E-state index contributed by atoms with van der Waals surface area (Å²) >= 11 is 1.63. The Hall–Kier alpha value is -2.12. The van der Waals surface area contributed by atoms with Crippen molar-refractivity contribution in [3.63, 3.8) is 0 Å². The van der Waals surface area contributed by atoms with Crippen LogP contribution in [-0.2, 0) is 5.75 Å². The Morgan fingerprint density at radius 3 is 2.70 bits per heavy atom. The molecule has 1 N–H and O–H groups in total. The Balaban J connectivity index is 1.37. The van der Waals surface area contributed by atoms with E-state index in [-0.39, 0.29) is 5.91 Å². The van der Waals surface area contributed by atoms with Crippen molar-refractivity contribution in [2.24, 2.45) is 5.92 Å². The molecule has 0 atom stereocenters. The topological polar surface area (TPSA) is 61.4 Å². The first-order chi connectivity index (χ1) is 14.6. The summed E-state index contributed by atoms with van der Waals surface area (Å²) < 4.78 is 0. The number of anilines is 1. The molecule has 1 aromatic carbocycles. The first kappa shape index (κ1) is 21.1. The molecule has 0 radical (unpaired) electrons. The number of aryl methyl sites for hydroxylation is 1. The van der Waals surface area contributed by atoms with Crippen LogP contribution in [0.15, 0.2) is 35.5 Å². The zero-order chi connectivity index (χ0) is 20.9. The lowest BCUT2D eigenvalue weighted by atomic mass is 10.1. The zero-order valence-corrected chi connectivity index (χ0v) is 18.7. The number of carbonyl (C=O) groups is 1. The summed E-state index contributed by atoms with van der Waals surface area (Å²) in [4.78, 5) is 26.6. The first-order valence-corrected chi connectivity index (χ1v) is 11.9. The van der Waals surface area contributed by atoms with Gasteiger partial charge in [-0.15, -0.1) is 0 Å². The van der Waals surface area contributed by atoms with E-state index in [1.165, 1.54) is 12.8 Å². The molecule has 2 heterocycles. The second-order valence-corrected chi connectivity index (χ2v) is 9.16. The Labute approximate surface area is 183 Å². The molecular formula is C23H31N5OS. The van der Waals surface area contributed by atoms with E-state index in [1.54, 1.807) is 11.8 Å². The number of aromatic nitrogens is 2. The van der Waals surface area contributed by atoms with E-state index in [4.69, 9.17) is 4.98 Å². The van der Waals surface area contributed by atoms with Crippen molar-refractivity contribution in [1.82, 2.24) is 20.2 Å². The lowest BCUT2D eigenvalue weighted by molar-refractivity contribution is 0.0951. The zero-order valence-electron chi connectivity index (χ0n) is 17.9. The molecule has 2 aromatic rings. The highest BCUT2D eigenvalue weighted by Gasteiger charge is 2.22. The molecule has 1 aliphatic carbocycles. The first-order valence-electron chi connectivity index (χ1n) is 10.9. The van der Waals surface area contributed by atoms with Crippen molar-refractivity contribution >= 4 is 23.5 Å². The number of nitrogens with one attached hydrogen (secondary N) is 1. The van der Waals surface area contributed by atoms with E-state index in [0.29, 0.717) is 5.92 Å².